The second-order valence-electron chi connectivity index (χ2n) is 13.7. The maximum Gasteiger partial charge on any atom is 0.231 e. The molecule has 0 spiro atoms. The van der Waals surface area contributed by atoms with Crippen molar-refractivity contribution in [2.45, 2.75) is 77.4 Å². The first-order chi connectivity index (χ1) is 20.3. The van der Waals surface area contributed by atoms with Gasteiger partial charge in [-0.25, -0.2) is 14.1 Å². The van der Waals surface area contributed by atoms with Gasteiger partial charge in [0.2, 0.25) is 11.8 Å². The average molecular weight is 627 g/mol. The number of carbonyl (C=O) groups is 1. The van der Waals surface area contributed by atoms with E-state index in [4.69, 9.17) is 24.2 Å². The molecule has 0 radical (unpaired) electrons. The summed E-state index contributed by atoms with van der Waals surface area (Å²) >= 11 is 0. The number of carbonyl (C=O) groups excluding carboxylic acids is 1. The first-order valence-electron chi connectivity index (χ1n) is 14.8. The summed E-state index contributed by atoms with van der Waals surface area (Å²) in [5, 5.41) is 9.01. The minimum absolute atomic E-state index is 0.260. The van der Waals surface area contributed by atoms with E-state index in [1.165, 1.54) is 0 Å². The van der Waals surface area contributed by atoms with Crippen LogP contribution in [0.3, 0.4) is 0 Å². The van der Waals surface area contributed by atoms with Gasteiger partial charge in [0.1, 0.15) is 31.1 Å². The van der Waals surface area contributed by atoms with Crippen LogP contribution in [0.1, 0.15) is 6.42 Å². The molecule has 0 saturated heterocycles. The third kappa shape index (κ3) is 7.69. The van der Waals surface area contributed by atoms with E-state index in [-0.39, 0.29) is 12.3 Å². The van der Waals surface area contributed by atoms with Crippen molar-refractivity contribution in [1.29, 1.82) is 0 Å². The zero-order valence-corrected chi connectivity index (χ0v) is 28.2. The lowest BCUT2D eigenvalue weighted by Crippen LogP contribution is -2.22. The molecule has 1 fully saturated rings. The number of rotatable bonds is 14. The van der Waals surface area contributed by atoms with Gasteiger partial charge in [-0.3, -0.25) is 4.79 Å². The van der Waals surface area contributed by atoms with Crippen LogP contribution in [0, 0.1) is 5.92 Å². The number of alkyl halides is 1. The average Bonchev–Trinajstić information content (AvgIpc) is 3.39. The first kappa shape index (κ1) is 31.3. The third-order valence-electron chi connectivity index (χ3n) is 7.52. The molecule has 4 aromatic rings. The highest BCUT2D eigenvalue weighted by molar-refractivity contribution is 6.76. The van der Waals surface area contributed by atoms with E-state index in [1.54, 1.807) is 24.1 Å². The zero-order valence-electron chi connectivity index (χ0n) is 26.2. The van der Waals surface area contributed by atoms with Crippen molar-refractivity contribution in [2.75, 3.05) is 25.6 Å². The number of nitrogens with one attached hydrogen (secondary N) is 1. The third-order valence-corrected chi connectivity index (χ3v) is 10.9. The normalized spacial score (nSPS) is 17.1. The fraction of sp³-hybridized carbons (Fsp3) is 0.533. The zero-order chi connectivity index (χ0) is 30.9. The highest BCUT2D eigenvalue weighted by Gasteiger charge is 2.43. The fourth-order valence-corrected chi connectivity index (χ4v) is 6.22. The molecule has 13 heteroatoms. The van der Waals surface area contributed by atoms with Gasteiger partial charge in [0.25, 0.3) is 0 Å². The van der Waals surface area contributed by atoms with Crippen LogP contribution in [-0.2, 0) is 27.7 Å². The number of hydrogen-bond acceptors (Lipinski definition) is 7. The second kappa shape index (κ2) is 12.5. The fourth-order valence-electron chi connectivity index (χ4n) is 4.71. The lowest BCUT2D eigenvalue weighted by molar-refractivity contribution is -0.117. The Kier molecular flexibility index (Phi) is 9.07. The predicted octanol–water partition coefficient (Wildman–Crippen LogP) is 6.38. The highest BCUT2D eigenvalue weighted by atomic mass is 28.3. The topological polar surface area (TPSA) is 105 Å². The van der Waals surface area contributed by atoms with Gasteiger partial charge >= 0.3 is 0 Å². The lowest BCUT2D eigenvalue weighted by atomic mass is 10.1. The molecular formula is C30H43FN6O4Si2. The molecule has 1 aliphatic rings. The molecule has 5 rings (SSSR count). The Labute approximate surface area is 253 Å². The van der Waals surface area contributed by atoms with Gasteiger partial charge in [0.05, 0.1) is 19.2 Å². The van der Waals surface area contributed by atoms with Crippen LogP contribution in [-0.4, -0.2) is 72.9 Å². The Balaban J connectivity index is 1.46. The van der Waals surface area contributed by atoms with Gasteiger partial charge in [0.15, 0.2) is 5.65 Å². The Hall–Kier alpha value is -3.14. The highest BCUT2D eigenvalue weighted by Crippen LogP contribution is 2.38. The number of anilines is 1. The standard InChI is InChI=1S/C30H43FN6O4Si2/c1-39-30-22(14-20-16-32-37(27(20)35-30)19-41-11-13-43(5,6)7)24-17-36(18-40-10-12-42(2,3)4)28-21(24)8-9-26(33-28)34-29(38)23-15-25(23)31/h8-9,14,16-17,23,25H,10-13,15,18-19H2,1-7H3,(H,33,34,38)/t23-,25+/m1/s1. The van der Waals surface area contributed by atoms with Crippen molar-refractivity contribution in [1.82, 2.24) is 24.3 Å². The molecule has 0 aliphatic heterocycles. The maximum atomic E-state index is 13.5. The van der Waals surface area contributed by atoms with Gasteiger partial charge < -0.3 is 24.1 Å². The van der Waals surface area contributed by atoms with E-state index in [0.717, 1.165) is 34.0 Å². The summed E-state index contributed by atoms with van der Waals surface area (Å²) in [6.07, 6.45) is 2.95. The van der Waals surface area contributed by atoms with E-state index in [0.29, 0.717) is 49.7 Å². The lowest BCUT2D eigenvalue weighted by Gasteiger charge is -2.15. The number of fused-ring (bicyclic) bond motifs is 2. The van der Waals surface area contributed by atoms with E-state index in [9.17, 15) is 9.18 Å². The summed E-state index contributed by atoms with van der Waals surface area (Å²) in [5.74, 6) is -0.115. The Morgan fingerprint density at radius 1 is 1.00 bits per heavy atom. The van der Waals surface area contributed by atoms with Crippen molar-refractivity contribution in [3.05, 3.63) is 30.6 Å². The molecule has 0 aromatic carbocycles. The molecule has 0 unspecified atom stereocenters. The molecule has 10 nitrogen and oxygen atoms in total. The largest absolute Gasteiger partial charge is 0.480 e. The second-order valence-corrected chi connectivity index (χ2v) is 25.0. The molecule has 0 bridgehead atoms. The molecule has 232 valence electrons. The SMILES string of the molecule is COc1nc2c(cnn2COCC[Si](C)(C)C)cc1-c1cn(COCC[Si](C)(C)C)c2nc(NC(=O)[C@@H]3C[C@@H]3F)ccc12. The summed E-state index contributed by atoms with van der Waals surface area (Å²) in [5.41, 5.74) is 2.98. The Morgan fingerprint density at radius 3 is 2.30 bits per heavy atom. The van der Waals surface area contributed by atoms with E-state index in [2.05, 4.69) is 49.7 Å². The van der Waals surface area contributed by atoms with Gasteiger partial charge in [-0.05, 0) is 36.7 Å². The number of amides is 1. The number of hydrogen-bond donors (Lipinski definition) is 1. The molecule has 1 aliphatic carbocycles. The van der Waals surface area contributed by atoms with Crippen LogP contribution < -0.4 is 10.1 Å². The van der Waals surface area contributed by atoms with Crippen molar-refractivity contribution >= 4 is 49.9 Å². The van der Waals surface area contributed by atoms with Crippen molar-refractivity contribution in [2.24, 2.45) is 5.92 Å². The van der Waals surface area contributed by atoms with Gasteiger partial charge in [-0.15, -0.1) is 0 Å². The minimum Gasteiger partial charge on any atom is -0.480 e. The number of nitrogens with zero attached hydrogens (tertiary/aromatic N) is 5. The van der Waals surface area contributed by atoms with Gasteiger partial charge in [-0.2, -0.15) is 10.1 Å². The number of methoxy groups -OCH3 is 1. The molecule has 43 heavy (non-hydrogen) atoms. The molecular weight excluding hydrogens is 584 g/mol. The van der Waals surface area contributed by atoms with Crippen LogP contribution in [0.15, 0.2) is 30.6 Å². The summed E-state index contributed by atoms with van der Waals surface area (Å²) in [6, 6.07) is 7.78. The summed E-state index contributed by atoms with van der Waals surface area (Å²) in [6.45, 7) is 15.9. The molecule has 1 amide bonds. The van der Waals surface area contributed by atoms with Crippen molar-refractivity contribution in [3.63, 3.8) is 0 Å². The minimum atomic E-state index is -1.26. The molecule has 1 N–H and O–H groups in total. The monoisotopic (exact) mass is 626 g/mol. The van der Waals surface area contributed by atoms with Crippen molar-refractivity contribution in [3.8, 4) is 17.0 Å². The number of aromatic nitrogens is 5. The summed E-state index contributed by atoms with van der Waals surface area (Å²) in [7, 11) is -0.848. The van der Waals surface area contributed by atoms with Crippen molar-refractivity contribution < 1.29 is 23.4 Å². The van der Waals surface area contributed by atoms with Crippen LogP contribution >= 0.6 is 0 Å². The van der Waals surface area contributed by atoms with E-state index in [1.807, 2.05) is 22.9 Å². The van der Waals surface area contributed by atoms with E-state index >= 15 is 0 Å². The molecule has 4 aromatic heterocycles. The van der Waals surface area contributed by atoms with Crippen LogP contribution in [0.2, 0.25) is 51.4 Å². The molecule has 4 heterocycles. The quantitative estimate of drug-likeness (QED) is 0.128. The summed E-state index contributed by atoms with van der Waals surface area (Å²) in [4.78, 5) is 22.0. The number of halogens is 1. The van der Waals surface area contributed by atoms with Gasteiger partial charge in [0, 0.05) is 57.5 Å². The number of pyridine rings is 2. The molecule has 2 atom stereocenters. The predicted molar refractivity (Wildman–Crippen MR) is 173 cm³/mol. The van der Waals surface area contributed by atoms with E-state index < -0.39 is 28.2 Å². The van der Waals surface area contributed by atoms with Crippen LogP contribution in [0.4, 0.5) is 10.2 Å². The first-order valence-corrected chi connectivity index (χ1v) is 22.3. The maximum absolute atomic E-state index is 13.5. The Bertz CT molecular complexity index is 1610. The van der Waals surface area contributed by atoms with Gasteiger partial charge in [-0.1, -0.05) is 39.3 Å². The van der Waals surface area contributed by atoms with Crippen LogP contribution in [0.25, 0.3) is 33.2 Å². The number of ether oxygens (including phenoxy) is 3. The smallest absolute Gasteiger partial charge is 0.231 e. The molecule has 1 saturated carbocycles. The van der Waals surface area contributed by atoms with Crippen LogP contribution in [0.5, 0.6) is 5.88 Å². The Morgan fingerprint density at radius 2 is 1.67 bits per heavy atom. The summed E-state index contributed by atoms with van der Waals surface area (Å²) < 4.78 is 34.9.